The van der Waals surface area contributed by atoms with Gasteiger partial charge in [0.05, 0.1) is 0 Å². The Kier molecular flexibility index (Phi) is 7.02. The summed E-state index contributed by atoms with van der Waals surface area (Å²) in [7, 11) is 0. The molecular formula is C28H37NO. The van der Waals surface area contributed by atoms with E-state index >= 15 is 0 Å². The Morgan fingerprint density at radius 2 is 1.47 bits per heavy atom. The van der Waals surface area contributed by atoms with Gasteiger partial charge in [-0.2, -0.15) is 0 Å². The maximum Gasteiger partial charge on any atom is 0.108 e. The summed E-state index contributed by atoms with van der Waals surface area (Å²) in [6.45, 7) is 4.39. The standard InChI is InChI=1S/C28H37NO/c1-3-4-21-5-7-22(8-6-21)23-9-11-24(12-10-23)25-13-15-26(16-14-25)28-18-17-27(29-30)19-20(28)2/h13-19,21-24H,3-12H2,1-2H3. The number of aryl methyl sites for hydroxylation is 1. The molecule has 0 unspecified atom stereocenters. The van der Waals surface area contributed by atoms with Gasteiger partial charge in [0.2, 0.25) is 0 Å². The molecule has 2 aliphatic carbocycles. The monoisotopic (exact) mass is 403 g/mol. The predicted octanol–water partition coefficient (Wildman–Crippen LogP) is 8.94. The second kappa shape index (κ2) is 9.90. The second-order valence-electron chi connectivity index (χ2n) is 9.89. The molecule has 0 radical (unpaired) electrons. The van der Waals surface area contributed by atoms with Crippen molar-refractivity contribution < 1.29 is 0 Å². The van der Waals surface area contributed by atoms with Gasteiger partial charge in [0.1, 0.15) is 5.69 Å². The van der Waals surface area contributed by atoms with Gasteiger partial charge < -0.3 is 0 Å². The molecule has 30 heavy (non-hydrogen) atoms. The van der Waals surface area contributed by atoms with E-state index in [2.05, 4.69) is 43.3 Å². The van der Waals surface area contributed by atoms with Crippen LogP contribution in [0.2, 0.25) is 0 Å². The van der Waals surface area contributed by atoms with Gasteiger partial charge in [0.15, 0.2) is 0 Å². The Labute approximate surface area is 182 Å². The van der Waals surface area contributed by atoms with Crippen molar-refractivity contribution in [2.75, 3.05) is 0 Å². The number of rotatable bonds is 6. The van der Waals surface area contributed by atoms with Crippen molar-refractivity contribution in [2.45, 2.75) is 84.0 Å². The average molecular weight is 404 g/mol. The second-order valence-corrected chi connectivity index (χ2v) is 9.89. The zero-order valence-corrected chi connectivity index (χ0v) is 18.8. The Bertz CT molecular complexity index is 824. The van der Waals surface area contributed by atoms with Crippen molar-refractivity contribution in [3.05, 3.63) is 58.5 Å². The topological polar surface area (TPSA) is 29.4 Å². The fourth-order valence-corrected chi connectivity index (χ4v) is 6.24. The van der Waals surface area contributed by atoms with Crippen LogP contribution < -0.4 is 0 Å². The van der Waals surface area contributed by atoms with Gasteiger partial charge in [-0.05, 0) is 109 Å². The van der Waals surface area contributed by atoms with Crippen LogP contribution in [0.4, 0.5) is 5.69 Å². The first-order chi connectivity index (χ1) is 14.7. The van der Waals surface area contributed by atoms with Crippen LogP contribution in [0.1, 0.15) is 88.2 Å². The van der Waals surface area contributed by atoms with Crippen LogP contribution >= 0.6 is 0 Å². The van der Waals surface area contributed by atoms with Gasteiger partial charge in [-0.1, -0.05) is 62.9 Å². The number of benzene rings is 2. The van der Waals surface area contributed by atoms with Crippen LogP contribution in [0.25, 0.3) is 11.1 Å². The van der Waals surface area contributed by atoms with Gasteiger partial charge in [-0.15, -0.1) is 4.91 Å². The van der Waals surface area contributed by atoms with E-state index in [0.717, 1.165) is 29.2 Å². The lowest BCUT2D eigenvalue weighted by molar-refractivity contribution is 0.156. The summed E-state index contributed by atoms with van der Waals surface area (Å²) in [5.74, 6) is 3.74. The van der Waals surface area contributed by atoms with Crippen molar-refractivity contribution in [3.8, 4) is 11.1 Å². The fraction of sp³-hybridized carbons (Fsp3) is 0.571. The summed E-state index contributed by atoms with van der Waals surface area (Å²) in [6, 6.07) is 14.9. The molecule has 2 heteroatoms. The molecule has 4 rings (SSSR count). The maximum atomic E-state index is 10.7. The largest absolute Gasteiger partial charge is 0.145 e. The van der Waals surface area contributed by atoms with Gasteiger partial charge in [-0.25, -0.2) is 0 Å². The van der Waals surface area contributed by atoms with E-state index in [9.17, 15) is 4.91 Å². The smallest absolute Gasteiger partial charge is 0.108 e. The molecule has 0 saturated heterocycles. The molecule has 0 aromatic heterocycles. The molecule has 2 fully saturated rings. The SMILES string of the molecule is CCCC1CCC(C2CCC(c3ccc(-c4ccc(N=O)cc4C)cc3)CC2)CC1. The quantitative estimate of drug-likeness (QED) is 0.443. The maximum absolute atomic E-state index is 10.7. The Morgan fingerprint density at radius 1 is 0.833 bits per heavy atom. The molecule has 0 bridgehead atoms. The average Bonchev–Trinajstić information content (AvgIpc) is 2.80. The molecular weight excluding hydrogens is 366 g/mol. The molecule has 2 aliphatic rings. The summed E-state index contributed by atoms with van der Waals surface area (Å²) in [5, 5.41) is 3.04. The molecule has 2 aromatic rings. The molecule has 2 nitrogen and oxygen atoms in total. The summed E-state index contributed by atoms with van der Waals surface area (Å²) in [5.41, 5.74) is 5.53. The summed E-state index contributed by atoms with van der Waals surface area (Å²) >= 11 is 0. The van der Waals surface area contributed by atoms with Crippen molar-refractivity contribution in [1.29, 1.82) is 0 Å². The highest BCUT2D eigenvalue weighted by atomic mass is 16.3. The zero-order valence-electron chi connectivity index (χ0n) is 18.8. The first-order valence-electron chi connectivity index (χ1n) is 12.2. The molecule has 0 atom stereocenters. The third-order valence-corrected chi connectivity index (χ3v) is 8.04. The highest BCUT2D eigenvalue weighted by molar-refractivity contribution is 5.69. The summed E-state index contributed by atoms with van der Waals surface area (Å²) in [4.78, 5) is 10.7. The van der Waals surface area contributed by atoms with Crippen LogP contribution in [0.15, 0.2) is 47.6 Å². The van der Waals surface area contributed by atoms with E-state index in [0.29, 0.717) is 5.69 Å². The molecule has 2 aromatic carbocycles. The molecule has 0 heterocycles. The lowest BCUT2D eigenvalue weighted by atomic mass is 9.68. The first-order valence-corrected chi connectivity index (χ1v) is 12.2. The van der Waals surface area contributed by atoms with Crippen molar-refractivity contribution >= 4 is 5.69 Å². The molecule has 0 aliphatic heterocycles. The van der Waals surface area contributed by atoms with Crippen molar-refractivity contribution in [3.63, 3.8) is 0 Å². The molecule has 160 valence electrons. The highest BCUT2D eigenvalue weighted by Gasteiger charge is 2.31. The van der Waals surface area contributed by atoms with Crippen LogP contribution in [0, 0.1) is 29.6 Å². The van der Waals surface area contributed by atoms with Crippen molar-refractivity contribution in [1.82, 2.24) is 0 Å². The number of nitrogens with zero attached hydrogens (tertiary/aromatic N) is 1. The van der Waals surface area contributed by atoms with E-state index in [-0.39, 0.29) is 0 Å². The molecule has 0 N–H and O–H groups in total. The van der Waals surface area contributed by atoms with E-state index < -0.39 is 0 Å². The predicted molar refractivity (Wildman–Crippen MR) is 127 cm³/mol. The number of nitroso groups, excluding NO2 is 1. The van der Waals surface area contributed by atoms with E-state index in [4.69, 9.17) is 0 Å². The Morgan fingerprint density at radius 3 is 2.03 bits per heavy atom. The van der Waals surface area contributed by atoms with E-state index in [1.165, 1.54) is 80.9 Å². The van der Waals surface area contributed by atoms with Crippen LogP contribution in [0.5, 0.6) is 0 Å². The minimum atomic E-state index is 0.503. The lowest BCUT2D eigenvalue weighted by Crippen LogP contribution is -2.25. The van der Waals surface area contributed by atoms with Gasteiger partial charge in [0, 0.05) is 0 Å². The number of hydrogen-bond donors (Lipinski definition) is 0. The third kappa shape index (κ3) is 4.85. The Hall–Kier alpha value is -1.96. The van der Waals surface area contributed by atoms with E-state index in [1.54, 1.807) is 6.07 Å². The first kappa shape index (κ1) is 21.3. The minimum Gasteiger partial charge on any atom is -0.145 e. The minimum absolute atomic E-state index is 0.503. The van der Waals surface area contributed by atoms with Crippen LogP contribution in [-0.2, 0) is 0 Å². The van der Waals surface area contributed by atoms with Gasteiger partial charge in [0.25, 0.3) is 0 Å². The molecule has 0 amide bonds. The van der Waals surface area contributed by atoms with Crippen LogP contribution in [-0.4, -0.2) is 0 Å². The highest BCUT2D eigenvalue weighted by Crippen LogP contribution is 2.44. The summed E-state index contributed by atoms with van der Waals surface area (Å²) in [6.07, 6.45) is 14.3. The Balaban J connectivity index is 1.33. The third-order valence-electron chi connectivity index (χ3n) is 8.04. The lowest BCUT2D eigenvalue weighted by Gasteiger charge is -2.38. The van der Waals surface area contributed by atoms with Gasteiger partial charge in [-0.3, -0.25) is 0 Å². The number of hydrogen-bond acceptors (Lipinski definition) is 2. The van der Waals surface area contributed by atoms with E-state index in [1.807, 2.05) is 12.1 Å². The fourth-order valence-electron chi connectivity index (χ4n) is 6.24. The molecule has 2 saturated carbocycles. The van der Waals surface area contributed by atoms with Crippen LogP contribution in [0.3, 0.4) is 0 Å². The summed E-state index contributed by atoms with van der Waals surface area (Å²) < 4.78 is 0. The van der Waals surface area contributed by atoms with Crippen molar-refractivity contribution in [2.24, 2.45) is 22.9 Å². The molecule has 0 spiro atoms. The zero-order chi connectivity index (χ0) is 20.9. The normalized spacial score (nSPS) is 27.0. The van der Waals surface area contributed by atoms with Gasteiger partial charge >= 0.3 is 0 Å².